The average molecular weight is 259 g/mol. The molecule has 0 saturated heterocycles. The van der Waals surface area contributed by atoms with E-state index in [1.165, 1.54) is 26.3 Å². The summed E-state index contributed by atoms with van der Waals surface area (Å²) in [4.78, 5) is 0. The van der Waals surface area contributed by atoms with Crippen molar-refractivity contribution in [3.63, 3.8) is 0 Å². The van der Waals surface area contributed by atoms with Gasteiger partial charge in [0.05, 0.1) is 0 Å². The van der Waals surface area contributed by atoms with E-state index in [4.69, 9.17) is 0 Å². The Labute approximate surface area is 96.5 Å². The molecule has 0 aliphatic heterocycles. The maximum absolute atomic E-state index is 3.05. The normalized spacial score (nSPS) is 11.3. The van der Waals surface area contributed by atoms with Gasteiger partial charge in [-0.15, -0.1) is 0 Å². The zero-order chi connectivity index (χ0) is 10.4. The van der Waals surface area contributed by atoms with Gasteiger partial charge in [0.1, 0.15) is 0 Å². The summed E-state index contributed by atoms with van der Waals surface area (Å²) in [6.45, 7) is 0. The first-order valence-corrected chi connectivity index (χ1v) is 5.77. The van der Waals surface area contributed by atoms with Crippen LogP contribution in [0.15, 0.2) is 42.5 Å². The van der Waals surface area contributed by atoms with Crippen molar-refractivity contribution in [1.82, 2.24) is 4.57 Å². The molecule has 0 aliphatic rings. The molecule has 3 rings (SSSR count). The first-order valence-electron chi connectivity index (χ1n) is 4.91. The zero-order valence-corrected chi connectivity index (χ0v) is 10.1. The van der Waals surface area contributed by atoms with Gasteiger partial charge >= 0.3 is 96.4 Å². The van der Waals surface area contributed by atoms with Crippen LogP contribution >= 0.6 is 0 Å². The van der Waals surface area contributed by atoms with E-state index < -0.39 is 0 Å². The van der Waals surface area contributed by atoms with E-state index in [1.807, 2.05) is 0 Å². The molecule has 1 heterocycles. The first kappa shape index (κ1) is 9.02. The molecule has 0 N–H and O–H groups in total. The number of hydrogen-bond donors (Lipinski definition) is 0. The van der Waals surface area contributed by atoms with Crippen molar-refractivity contribution in [2.24, 2.45) is 7.05 Å². The molecule has 0 amide bonds. The molecule has 0 spiro atoms. The molecule has 1 aromatic heterocycles. The van der Waals surface area contributed by atoms with Crippen LogP contribution in [0.5, 0.6) is 0 Å². The predicted molar refractivity (Wildman–Crippen MR) is 65.8 cm³/mol. The van der Waals surface area contributed by atoms with E-state index >= 15 is 0 Å². The van der Waals surface area contributed by atoms with Crippen LogP contribution in [0.25, 0.3) is 21.8 Å². The molecule has 73 valence electrons. The number of aryl methyl sites for hydroxylation is 1. The van der Waals surface area contributed by atoms with Crippen LogP contribution in [0.3, 0.4) is 0 Å². The van der Waals surface area contributed by atoms with Gasteiger partial charge in [-0.25, -0.2) is 0 Å². The van der Waals surface area contributed by atoms with E-state index in [1.54, 1.807) is 0 Å². The SMILES string of the molecule is Cn1c2ccccc2c2ccc([Se])cc21. The maximum atomic E-state index is 3.05. The number of hydrogen-bond acceptors (Lipinski definition) is 0. The van der Waals surface area contributed by atoms with Crippen molar-refractivity contribution >= 4 is 42.3 Å². The van der Waals surface area contributed by atoms with E-state index in [-0.39, 0.29) is 0 Å². The summed E-state index contributed by atoms with van der Waals surface area (Å²) in [5.74, 6) is 0. The van der Waals surface area contributed by atoms with Crippen molar-refractivity contribution in [2.45, 2.75) is 0 Å². The molecule has 2 aromatic carbocycles. The molecule has 0 bridgehead atoms. The number of para-hydroxylation sites is 1. The monoisotopic (exact) mass is 260 g/mol. The van der Waals surface area contributed by atoms with Crippen molar-refractivity contribution in [2.75, 3.05) is 0 Å². The summed E-state index contributed by atoms with van der Waals surface area (Å²) in [6, 6.07) is 15.0. The van der Waals surface area contributed by atoms with Gasteiger partial charge in [-0.05, 0) is 0 Å². The van der Waals surface area contributed by atoms with Crippen molar-refractivity contribution < 1.29 is 0 Å². The number of nitrogens with zero attached hydrogens (tertiary/aromatic N) is 1. The summed E-state index contributed by atoms with van der Waals surface area (Å²) >= 11 is 3.05. The van der Waals surface area contributed by atoms with Crippen LogP contribution in [0.2, 0.25) is 0 Å². The Morgan fingerprint density at radius 3 is 2.53 bits per heavy atom. The van der Waals surface area contributed by atoms with Gasteiger partial charge in [-0.3, -0.25) is 0 Å². The molecular formula is C13H10NSe. The van der Waals surface area contributed by atoms with Gasteiger partial charge in [-0.2, -0.15) is 0 Å². The van der Waals surface area contributed by atoms with Gasteiger partial charge < -0.3 is 0 Å². The van der Waals surface area contributed by atoms with Gasteiger partial charge in [-0.1, -0.05) is 0 Å². The third-order valence-corrected chi connectivity index (χ3v) is 3.42. The van der Waals surface area contributed by atoms with Gasteiger partial charge in [0.25, 0.3) is 0 Å². The molecule has 0 aliphatic carbocycles. The van der Waals surface area contributed by atoms with Crippen LogP contribution in [-0.2, 0) is 7.05 Å². The van der Waals surface area contributed by atoms with Crippen LogP contribution in [0, 0.1) is 0 Å². The molecule has 2 heteroatoms. The summed E-state index contributed by atoms with van der Waals surface area (Å²) in [5.41, 5.74) is 2.57. The molecule has 0 saturated carbocycles. The Balaban J connectivity index is 2.63. The summed E-state index contributed by atoms with van der Waals surface area (Å²) < 4.78 is 3.43. The van der Waals surface area contributed by atoms with Gasteiger partial charge in [0.15, 0.2) is 0 Å². The van der Waals surface area contributed by atoms with Gasteiger partial charge in [0, 0.05) is 0 Å². The summed E-state index contributed by atoms with van der Waals surface area (Å²) in [5, 5.41) is 2.65. The zero-order valence-electron chi connectivity index (χ0n) is 8.40. The second-order valence-electron chi connectivity index (χ2n) is 3.76. The summed E-state index contributed by atoms with van der Waals surface area (Å²) in [7, 11) is 2.12. The van der Waals surface area contributed by atoms with Crippen LogP contribution in [-0.4, -0.2) is 20.6 Å². The Morgan fingerprint density at radius 1 is 0.933 bits per heavy atom. The number of aromatic nitrogens is 1. The van der Waals surface area contributed by atoms with E-state index in [9.17, 15) is 0 Å². The van der Waals surface area contributed by atoms with Crippen LogP contribution < -0.4 is 4.46 Å². The number of benzene rings is 2. The second-order valence-corrected chi connectivity index (χ2v) is 4.74. The molecular weight excluding hydrogens is 249 g/mol. The topological polar surface area (TPSA) is 4.93 Å². The molecule has 3 aromatic rings. The van der Waals surface area contributed by atoms with E-state index in [0.29, 0.717) is 0 Å². The standard InChI is InChI=1S/C13H10NSe/c1-14-12-5-3-2-4-10(12)11-7-6-9(15)8-13(11)14/h2-8H,1H3. The fraction of sp³-hybridized carbons (Fsp3) is 0.0769. The van der Waals surface area contributed by atoms with Crippen molar-refractivity contribution in [3.05, 3.63) is 42.5 Å². The quantitative estimate of drug-likeness (QED) is 0.545. The molecule has 0 fully saturated rings. The van der Waals surface area contributed by atoms with E-state index in [0.717, 1.165) is 0 Å². The minimum absolute atomic E-state index is 1.19. The minimum atomic E-state index is 1.19. The van der Waals surface area contributed by atoms with Crippen molar-refractivity contribution in [1.29, 1.82) is 0 Å². The third-order valence-electron chi connectivity index (χ3n) is 2.89. The first-order chi connectivity index (χ1) is 7.27. The summed E-state index contributed by atoms with van der Waals surface area (Å²) in [6.07, 6.45) is 0. The Morgan fingerprint density at radius 2 is 1.67 bits per heavy atom. The average Bonchev–Trinajstić information content (AvgIpc) is 2.54. The third kappa shape index (κ3) is 1.22. The fourth-order valence-electron chi connectivity index (χ4n) is 2.14. The van der Waals surface area contributed by atoms with E-state index in [2.05, 4.69) is 70.1 Å². The van der Waals surface area contributed by atoms with Gasteiger partial charge in [0.2, 0.25) is 0 Å². The molecule has 1 nitrogen and oxygen atoms in total. The fourth-order valence-corrected chi connectivity index (χ4v) is 2.52. The molecule has 1 radical (unpaired) electrons. The molecule has 0 unspecified atom stereocenters. The Hall–Kier alpha value is -1.24. The van der Waals surface area contributed by atoms with Crippen molar-refractivity contribution in [3.8, 4) is 0 Å². The predicted octanol–water partition coefficient (Wildman–Crippen LogP) is 2.13. The molecule has 0 atom stereocenters. The number of fused-ring (bicyclic) bond motifs is 3. The van der Waals surface area contributed by atoms with Crippen LogP contribution in [0.1, 0.15) is 0 Å². The Bertz CT molecular complexity index is 652. The van der Waals surface area contributed by atoms with Crippen LogP contribution in [0.4, 0.5) is 0 Å². The molecule has 15 heavy (non-hydrogen) atoms. The Kier molecular flexibility index (Phi) is 1.88. The second kappa shape index (κ2) is 3.13. The number of rotatable bonds is 0.